The third-order valence-electron chi connectivity index (χ3n) is 1.98. The van der Waals surface area contributed by atoms with Gasteiger partial charge in [0.2, 0.25) is 0 Å². The second-order valence-corrected chi connectivity index (χ2v) is 3.17. The van der Waals surface area contributed by atoms with Crippen LogP contribution in [-0.4, -0.2) is 39.0 Å². The molecule has 1 rings (SSSR count). The van der Waals surface area contributed by atoms with Crippen molar-refractivity contribution in [3.8, 4) is 5.75 Å². The van der Waals surface area contributed by atoms with E-state index < -0.39 is 0 Å². The molecule has 1 aromatic carbocycles. The van der Waals surface area contributed by atoms with Gasteiger partial charge >= 0.3 is 0 Å². The van der Waals surface area contributed by atoms with E-state index in [9.17, 15) is 0 Å². The molecule has 0 saturated heterocycles. The molecule has 0 N–H and O–H groups in total. The zero-order chi connectivity index (χ0) is 10.6. The fourth-order valence-corrected chi connectivity index (χ4v) is 1.33. The molecule has 0 atom stereocenters. The maximum Gasteiger partial charge on any atom is 0.130 e. The summed E-state index contributed by atoms with van der Waals surface area (Å²) in [5, 5.41) is 0. The van der Waals surface area contributed by atoms with Crippen LogP contribution in [0.5, 0.6) is 5.75 Å². The predicted molar refractivity (Wildman–Crippen MR) is 59.1 cm³/mol. The molecule has 3 nitrogen and oxygen atoms in total. The fraction of sp³-hybridized carbons (Fsp3) is 0.364. The predicted octanol–water partition coefficient (Wildman–Crippen LogP) is 1.63. The molecule has 3 heteroatoms. The molecule has 76 valence electrons. The van der Waals surface area contributed by atoms with Crippen LogP contribution >= 0.6 is 0 Å². The number of benzene rings is 1. The lowest BCUT2D eigenvalue weighted by atomic mass is 10.2. The summed E-state index contributed by atoms with van der Waals surface area (Å²) in [6.45, 7) is 0. The minimum absolute atomic E-state index is 0.864. The summed E-state index contributed by atoms with van der Waals surface area (Å²) in [4.78, 5) is 6.20. The number of ether oxygens (including phenoxy) is 1. The van der Waals surface area contributed by atoms with Gasteiger partial charge in [0.1, 0.15) is 11.6 Å². The lowest BCUT2D eigenvalue weighted by molar-refractivity contribution is 0.414. The topological polar surface area (TPSA) is 24.8 Å². The minimum Gasteiger partial charge on any atom is -0.497 e. The van der Waals surface area contributed by atoms with Crippen LogP contribution in [0.2, 0.25) is 0 Å². The Balaban J connectivity index is 2.96. The summed E-state index contributed by atoms with van der Waals surface area (Å²) >= 11 is 0. The number of aliphatic imine (C=N–C) groups is 1. The third kappa shape index (κ3) is 2.25. The largest absolute Gasteiger partial charge is 0.497 e. The smallest absolute Gasteiger partial charge is 0.130 e. The highest BCUT2D eigenvalue weighted by molar-refractivity contribution is 5.98. The monoisotopic (exact) mass is 192 g/mol. The van der Waals surface area contributed by atoms with Gasteiger partial charge in [-0.1, -0.05) is 0 Å². The van der Waals surface area contributed by atoms with Crippen molar-refractivity contribution in [2.75, 3.05) is 28.3 Å². The highest BCUT2D eigenvalue weighted by Gasteiger charge is 2.04. The van der Waals surface area contributed by atoms with Gasteiger partial charge in [-0.25, -0.2) is 0 Å². The van der Waals surface area contributed by atoms with Gasteiger partial charge in [-0.05, 0) is 24.3 Å². The lowest BCUT2D eigenvalue weighted by Gasteiger charge is -2.15. The van der Waals surface area contributed by atoms with E-state index in [1.54, 1.807) is 14.2 Å². The van der Waals surface area contributed by atoms with E-state index in [2.05, 4.69) is 4.99 Å². The van der Waals surface area contributed by atoms with E-state index in [4.69, 9.17) is 4.74 Å². The van der Waals surface area contributed by atoms with E-state index in [0.717, 1.165) is 17.1 Å². The van der Waals surface area contributed by atoms with Crippen LogP contribution in [-0.2, 0) is 0 Å². The first-order chi connectivity index (χ1) is 6.69. The summed E-state index contributed by atoms with van der Waals surface area (Å²) in [6.07, 6.45) is 0. The highest BCUT2D eigenvalue weighted by atomic mass is 16.5. The van der Waals surface area contributed by atoms with Crippen molar-refractivity contribution >= 4 is 5.84 Å². The SMILES string of the molecule is CN=C(c1ccc(OC)cc1)N(C)C. The van der Waals surface area contributed by atoms with E-state index in [0.29, 0.717) is 0 Å². The number of rotatable bonds is 2. The first-order valence-electron chi connectivity index (χ1n) is 4.47. The molecule has 0 aliphatic carbocycles. The Kier molecular flexibility index (Phi) is 3.51. The van der Waals surface area contributed by atoms with E-state index in [1.165, 1.54) is 0 Å². The molecule has 1 aromatic rings. The molecule has 0 aliphatic heterocycles. The third-order valence-corrected chi connectivity index (χ3v) is 1.98. The van der Waals surface area contributed by atoms with Crippen molar-refractivity contribution in [2.24, 2.45) is 4.99 Å². The van der Waals surface area contributed by atoms with Crippen molar-refractivity contribution in [3.63, 3.8) is 0 Å². The number of methoxy groups -OCH3 is 1. The van der Waals surface area contributed by atoms with Gasteiger partial charge in [-0.3, -0.25) is 4.99 Å². The van der Waals surface area contributed by atoms with Crippen molar-refractivity contribution in [3.05, 3.63) is 29.8 Å². The Morgan fingerprint density at radius 1 is 1.21 bits per heavy atom. The molecule has 0 saturated carbocycles. The molecule has 0 heterocycles. The second kappa shape index (κ2) is 4.65. The molecule has 0 aromatic heterocycles. The molecule has 0 fully saturated rings. The average molecular weight is 192 g/mol. The summed E-state index contributed by atoms with van der Waals surface area (Å²) in [5.41, 5.74) is 1.10. The first-order valence-corrected chi connectivity index (χ1v) is 4.47. The Morgan fingerprint density at radius 3 is 2.14 bits per heavy atom. The van der Waals surface area contributed by atoms with Gasteiger partial charge in [-0.2, -0.15) is 0 Å². The van der Waals surface area contributed by atoms with Crippen LogP contribution in [0.3, 0.4) is 0 Å². The molecule has 0 spiro atoms. The van der Waals surface area contributed by atoms with Gasteiger partial charge in [0.15, 0.2) is 0 Å². The quantitative estimate of drug-likeness (QED) is 0.525. The Bertz CT molecular complexity index is 315. The Morgan fingerprint density at radius 2 is 1.79 bits per heavy atom. The molecular weight excluding hydrogens is 176 g/mol. The molecule has 0 amide bonds. The summed E-state index contributed by atoms with van der Waals surface area (Å²) < 4.78 is 5.09. The van der Waals surface area contributed by atoms with Crippen LogP contribution < -0.4 is 4.74 Å². The number of hydrogen-bond donors (Lipinski definition) is 0. The maximum absolute atomic E-state index is 5.09. The van der Waals surface area contributed by atoms with Gasteiger partial charge in [-0.15, -0.1) is 0 Å². The summed E-state index contributed by atoms with van der Waals surface area (Å²) in [5.74, 6) is 1.83. The molecule has 0 radical (unpaired) electrons. The standard InChI is InChI=1S/C11H16N2O/c1-12-11(13(2)3)9-5-7-10(14-4)8-6-9/h5-8H,1-4H3. The van der Waals surface area contributed by atoms with Crippen molar-refractivity contribution in [2.45, 2.75) is 0 Å². The zero-order valence-electron chi connectivity index (χ0n) is 9.11. The van der Waals surface area contributed by atoms with E-state index in [1.807, 2.05) is 43.3 Å². The van der Waals surface area contributed by atoms with Crippen LogP contribution in [0.15, 0.2) is 29.3 Å². The van der Waals surface area contributed by atoms with E-state index >= 15 is 0 Å². The molecule has 0 bridgehead atoms. The van der Waals surface area contributed by atoms with Gasteiger partial charge in [0.25, 0.3) is 0 Å². The average Bonchev–Trinajstić information content (AvgIpc) is 2.19. The molecule has 0 unspecified atom stereocenters. The molecule has 0 aliphatic rings. The lowest BCUT2D eigenvalue weighted by Crippen LogP contribution is -2.22. The van der Waals surface area contributed by atoms with Crippen LogP contribution in [0.4, 0.5) is 0 Å². The van der Waals surface area contributed by atoms with Gasteiger partial charge in [0, 0.05) is 26.7 Å². The van der Waals surface area contributed by atoms with Crippen molar-refractivity contribution in [1.29, 1.82) is 0 Å². The summed E-state index contributed by atoms with van der Waals surface area (Å²) in [6, 6.07) is 7.87. The van der Waals surface area contributed by atoms with Crippen molar-refractivity contribution < 1.29 is 4.74 Å². The Hall–Kier alpha value is -1.51. The van der Waals surface area contributed by atoms with Gasteiger partial charge in [0.05, 0.1) is 7.11 Å². The molecule has 14 heavy (non-hydrogen) atoms. The van der Waals surface area contributed by atoms with Crippen molar-refractivity contribution in [1.82, 2.24) is 4.90 Å². The van der Waals surface area contributed by atoms with Gasteiger partial charge < -0.3 is 9.64 Å². The first kappa shape index (κ1) is 10.6. The fourth-order valence-electron chi connectivity index (χ4n) is 1.33. The van der Waals surface area contributed by atoms with Crippen LogP contribution in [0, 0.1) is 0 Å². The normalized spacial score (nSPS) is 11.3. The maximum atomic E-state index is 5.09. The number of hydrogen-bond acceptors (Lipinski definition) is 2. The number of nitrogens with zero attached hydrogens (tertiary/aromatic N) is 2. The highest BCUT2D eigenvalue weighted by Crippen LogP contribution is 2.12. The van der Waals surface area contributed by atoms with Crippen LogP contribution in [0.25, 0.3) is 0 Å². The van der Waals surface area contributed by atoms with E-state index in [-0.39, 0.29) is 0 Å². The summed E-state index contributed by atoms with van der Waals surface area (Å²) in [7, 11) is 7.41. The Labute approximate surface area is 85.0 Å². The van der Waals surface area contributed by atoms with Crippen LogP contribution in [0.1, 0.15) is 5.56 Å². The second-order valence-electron chi connectivity index (χ2n) is 3.17. The number of amidine groups is 1. The minimum atomic E-state index is 0.864. The molecular formula is C11H16N2O. The zero-order valence-corrected chi connectivity index (χ0v) is 9.11.